The van der Waals surface area contributed by atoms with Crippen LogP contribution in [0, 0.1) is 10.1 Å². The van der Waals surface area contributed by atoms with Gasteiger partial charge in [-0.15, -0.1) is 11.3 Å². The molecule has 2 aromatic rings. The van der Waals surface area contributed by atoms with E-state index in [-0.39, 0.29) is 29.3 Å². The van der Waals surface area contributed by atoms with Gasteiger partial charge >= 0.3 is 0 Å². The number of nitro benzene ring substituents is 1. The zero-order valence-corrected chi connectivity index (χ0v) is 14.8. The molecule has 1 amide bonds. The Kier molecular flexibility index (Phi) is 4.87. The fourth-order valence-electron chi connectivity index (χ4n) is 2.93. The topological polar surface area (TPSA) is 97.6 Å². The zero-order chi connectivity index (χ0) is 18.0. The minimum absolute atomic E-state index is 0.0200. The average molecular weight is 380 g/mol. The monoisotopic (exact) mass is 380 g/mol. The normalized spacial score (nSPS) is 18.8. The number of nitrogens with zero attached hydrogens (tertiary/aromatic N) is 2. The van der Waals surface area contributed by atoms with Crippen LogP contribution in [0.3, 0.4) is 0 Å². The molecule has 1 aromatic heterocycles. The van der Waals surface area contributed by atoms with Crippen LogP contribution < -0.4 is 0 Å². The van der Waals surface area contributed by atoms with E-state index in [0.717, 1.165) is 4.88 Å². The molecule has 7 nitrogen and oxygen atoms in total. The molecule has 0 N–H and O–H groups in total. The lowest BCUT2D eigenvalue weighted by Crippen LogP contribution is -2.40. The lowest BCUT2D eigenvalue weighted by Gasteiger charge is -2.27. The van der Waals surface area contributed by atoms with Crippen molar-refractivity contribution < 1.29 is 18.1 Å². The van der Waals surface area contributed by atoms with Crippen molar-refractivity contribution in [1.29, 1.82) is 0 Å². The lowest BCUT2D eigenvalue weighted by molar-refractivity contribution is -0.385. The van der Waals surface area contributed by atoms with E-state index in [1.54, 1.807) is 6.07 Å². The van der Waals surface area contributed by atoms with Crippen molar-refractivity contribution in [3.63, 3.8) is 0 Å². The Balaban J connectivity index is 1.96. The number of rotatable bonds is 5. The molecule has 9 heteroatoms. The van der Waals surface area contributed by atoms with Gasteiger partial charge in [-0.25, -0.2) is 8.42 Å². The predicted octanol–water partition coefficient (Wildman–Crippen LogP) is 2.49. The first kappa shape index (κ1) is 17.6. The first-order valence-electron chi connectivity index (χ1n) is 7.64. The number of carbonyl (C=O) groups excluding carboxylic acids is 1. The summed E-state index contributed by atoms with van der Waals surface area (Å²) < 4.78 is 23.7. The van der Waals surface area contributed by atoms with Crippen molar-refractivity contribution in [1.82, 2.24) is 4.90 Å². The van der Waals surface area contributed by atoms with Gasteiger partial charge in [0.05, 0.1) is 23.0 Å². The number of hydrogen-bond acceptors (Lipinski definition) is 6. The summed E-state index contributed by atoms with van der Waals surface area (Å²) in [5.41, 5.74) is -0.294. The summed E-state index contributed by atoms with van der Waals surface area (Å²) in [6.45, 7) is 0.239. The van der Waals surface area contributed by atoms with Crippen molar-refractivity contribution >= 4 is 32.8 Å². The van der Waals surface area contributed by atoms with E-state index in [2.05, 4.69) is 0 Å². The summed E-state index contributed by atoms with van der Waals surface area (Å²) in [6, 6.07) is 8.98. The van der Waals surface area contributed by atoms with Crippen molar-refractivity contribution in [3.8, 4) is 0 Å². The lowest BCUT2D eigenvalue weighted by atomic mass is 10.1. The Labute approximate surface area is 149 Å². The molecule has 1 unspecified atom stereocenters. The number of carbonyl (C=O) groups is 1. The summed E-state index contributed by atoms with van der Waals surface area (Å²) in [4.78, 5) is 26.0. The van der Waals surface area contributed by atoms with Crippen LogP contribution in [-0.2, 0) is 16.4 Å². The number of hydrogen-bond donors (Lipinski definition) is 0. The summed E-state index contributed by atoms with van der Waals surface area (Å²) in [7, 11) is -3.19. The maximum atomic E-state index is 13.0. The van der Waals surface area contributed by atoms with Gasteiger partial charge in [0.1, 0.15) is 5.56 Å². The van der Waals surface area contributed by atoms with Gasteiger partial charge in [-0.05, 0) is 23.9 Å². The molecule has 0 spiro atoms. The van der Waals surface area contributed by atoms with Crippen molar-refractivity contribution in [2.75, 3.05) is 11.5 Å². The highest BCUT2D eigenvalue weighted by atomic mass is 32.2. The third kappa shape index (κ3) is 3.88. The number of thiophene rings is 1. The molecule has 132 valence electrons. The van der Waals surface area contributed by atoms with Gasteiger partial charge in [0, 0.05) is 17.0 Å². The Morgan fingerprint density at radius 3 is 2.64 bits per heavy atom. The number of benzene rings is 1. The van der Waals surface area contributed by atoms with Crippen LogP contribution in [-0.4, -0.2) is 41.7 Å². The van der Waals surface area contributed by atoms with E-state index < -0.39 is 26.7 Å². The van der Waals surface area contributed by atoms with E-state index in [9.17, 15) is 23.3 Å². The Hall–Kier alpha value is -2.26. The van der Waals surface area contributed by atoms with E-state index in [4.69, 9.17) is 0 Å². The molecule has 3 rings (SSSR count). The average Bonchev–Trinajstić information content (AvgIpc) is 3.21. The summed E-state index contributed by atoms with van der Waals surface area (Å²) in [6.07, 6.45) is 0.347. The SMILES string of the molecule is O=C(c1ccccc1[N+](=O)[O-])N(Cc1cccs1)C1CCS(=O)(=O)C1. The second kappa shape index (κ2) is 6.93. The van der Waals surface area contributed by atoms with Gasteiger partial charge < -0.3 is 4.90 Å². The summed E-state index contributed by atoms with van der Waals surface area (Å²) in [5, 5.41) is 13.1. The van der Waals surface area contributed by atoms with Crippen LogP contribution in [0.25, 0.3) is 0 Å². The third-order valence-electron chi connectivity index (χ3n) is 4.15. The molecule has 1 aliphatic rings. The highest BCUT2D eigenvalue weighted by Gasteiger charge is 2.36. The van der Waals surface area contributed by atoms with Gasteiger partial charge in [0.15, 0.2) is 9.84 Å². The van der Waals surface area contributed by atoms with Crippen molar-refractivity contribution in [2.24, 2.45) is 0 Å². The molecule has 1 aromatic carbocycles. The standard InChI is InChI=1S/C16H16N2O5S2/c19-16(14-5-1-2-6-15(14)18(20)21)17(10-13-4-3-8-24-13)12-7-9-25(22,23)11-12/h1-6,8,12H,7,9-11H2. The van der Waals surface area contributed by atoms with Crippen LogP contribution in [0.15, 0.2) is 41.8 Å². The second-order valence-electron chi connectivity index (χ2n) is 5.84. The fraction of sp³-hybridized carbons (Fsp3) is 0.312. The smallest absolute Gasteiger partial charge is 0.282 e. The first-order chi connectivity index (χ1) is 11.9. The molecule has 0 saturated carbocycles. The van der Waals surface area contributed by atoms with E-state index in [1.807, 2.05) is 17.5 Å². The molecule has 2 heterocycles. The highest BCUT2D eigenvalue weighted by Crippen LogP contribution is 2.26. The molecule has 0 aliphatic carbocycles. The van der Waals surface area contributed by atoms with Crippen LogP contribution in [0.2, 0.25) is 0 Å². The maximum absolute atomic E-state index is 13.0. The van der Waals surface area contributed by atoms with E-state index in [0.29, 0.717) is 6.42 Å². The van der Waals surface area contributed by atoms with E-state index >= 15 is 0 Å². The Morgan fingerprint density at radius 1 is 1.28 bits per heavy atom. The van der Waals surface area contributed by atoms with Gasteiger partial charge in [-0.2, -0.15) is 0 Å². The molecule has 0 radical (unpaired) electrons. The number of sulfone groups is 1. The molecule has 1 fully saturated rings. The third-order valence-corrected chi connectivity index (χ3v) is 6.76. The van der Waals surface area contributed by atoms with Gasteiger partial charge in [-0.1, -0.05) is 18.2 Å². The molecular weight excluding hydrogens is 364 g/mol. The molecule has 0 bridgehead atoms. The van der Waals surface area contributed by atoms with E-state index in [1.165, 1.54) is 34.4 Å². The van der Waals surface area contributed by atoms with Crippen molar-refractivity contribution in [2.45, 2.75) is 19.0 Å². The summed E-state index contributed by atoms with van der Waals surface area (Å²) in [5.74, 6) is -0.587. The molecule has 1 saturated heterocycles. The quantitative estimate of drug-likeness (QED) is 0.586. The summed E-state index contributed by atoms with van der Waals surface area (Å²) >= 11 is 1.46. The molecular formula is C16H16N2O5S2. The zero-order valence-electron chi connectivity index (χ0n) is 13.2. The number of para-hydroxylation sites is 1. The first-order valence-corrected chi connectivity index (χ1v) is 10.3. The minimum atomic E-state index is -3.19. The molecule has 25 heavy (non-hydrogen) atoms. The predicted molar refractivity (Wildman–Crippen MR) is 94.3 cm³/mol. The number of nitro groups is 1. The van der Waals surface area contributed by atoms with Gasteiger partial charge in [0.25, 0.3) is 11.6 Å². The second-order valence-corrected chi connectivity index (χ2v) is 9.10. The maximum Gasteiger partial charge on any atom is 0.282 e. The Morgan fingerprint density at radius 2 is 2.04 bits per heavy atom. The Bertz CT molecular complexity index is 893. The largest absolute Gasteiger partial charge is 0.329 e. The van der Waals surface area contributed by atoms with Crippen LogP contribution in [0.5, 0.6) is 0 Å². The van der Waals surface area contributed by atoms with Gasteiger partial charge in [0.2, 0.25) is 0 Å². The van der Waals surface area contributed by atoms with Crippen LogP contribution in [0.4, 0.5) is 5.69 Å². The fourth-order valence-corrected chi connectivity index (χ4v) is 5.36. The van der Waals surface area contributed by atoms with Crippen LogP contribution >= 0.6 is 11.3 Å². The highest BCUT2D eigenvalue weighted by molar-refractivity contribution is 7.91. The van der Waals surface area contributed by atoms with Crippen LogP contribution in [0.1, 0.15) is 21.7 Å². The molecule has 1 atom stereocenters. The molecule has 1 aliphatic heterocycles. The minimum Gasteiger partial charge on any atom is -0.329 e. The van der Waals surface area contributed by atoms with Crippen molar-refractivity contribution in [3.05, 3.63) is 62.3 Å². The number of amides is 1. The van der Waals surface area contributed by atoms with Gasteiger partial charge in [-0.3, -0.25) is 14.9 Å².